The number of ketones is 4. The number of aliphatic hydroxyl groups is 9. The summed E-state index contributed by atoms with van der Waals surface area (Å²) in [6.45, 7) is -1.92. The van der Waals surface area contributed by atoms with E-state index in [1.165, 1.54) is 24.3 Å². The minimum atomic E-state index is -3.85. The standard InChI is InChI=1S/C27H32O18/c28-7-12-15(32)18(35)20(37)25(42-12)44-22-17(34)14(11(31)6-3-9-1-4-10(30)5-2-9)23(39)27(41,24(22)40)45-26-21(38)19(36)16(33)13(8-29)43-26/h1-6,12-16,18-22,25-26,28-30,32-33,35-38,41H,7-8H2/b6-3+/t12-,13-,14?,15-,16-,18+,19+,20-,21-,22-,25+,26+,27?/m1/s1. The Morgan fingerprint density at radius 3 is 1.82 bits per heavy atom. The Balaban J connectivity index is 1.70. The molecule has 18 nitrogen and oxygen atoms in total. The molecule has 3 fully saturated rings. The number of ether oxygens (including phenoxy) is 4. The molecule has 0 bridgehead atoms. The molecule has 0 spiro atoms. The third kappa shape index (κ3) is 6.60. The van der Waals surface area contributed by atoms with Crippen molar-refractivity contribution < 1.29 is 89.2 Å². The predicted octanol–water partition coefficient (Wildman–Crippen LogP) is -6.00. The molecule has 0 amide bonds. The molecule has 10 N–H and O–H groups in total. The first-order valence-corrected chi connectivity index (χ1v) is 13.5. The first-order chi connectivity index (χ1) is 21.2. The fourth-order valence-electron chi connectivity index (χ4n) is 4.93. The maximum absolute atomic E-state index is 13.5. The van der Waals surface area contributed by atoms with Crippen molar-refractivity contribution in [2.24, 2.45) is 5.92 Å². The number of aromatic hydroxyl groups is 1. The number of hydrogen-bond donors (Lipinski definition) is 10. The Bertz CT molecular complexity index is 1290. The number of carbonyl (C=O) groups is 4. The lowest BCUT2D eigenvalue weighted by Gasteiger charge is -2.45. The van der Waals surface area contributed by atoms with Crippen LogP contribution in [0.5, 0.6) is 5.75 Å². The minimum Gasteiger partial charge on any atom is -0.508 e. The first kappa shape index (κ1) is 34.8. The zero-order valence-electron chi connectivity index (χ0n) is 23.0. The zero-order chi connectivity index (χ0) is 33.4. The lowest BCUT2D eigenvalue weighted by molar-refractivity contribution is -0.347. The highest BCUT2D eigenvalue weighted by molar-refractivity contribution is 6.37. The topological polar surface area (TPSA) is 307 Å². The Labute approximate surface area is 252 Å². The summed E-state index contributed by atoms with van der Waals surface area (Å²) in [7, 11) is 0. The lowest BCUT2D eigenvalue weighted by Crippen LogP contribution is -2.70. The average Bonchev–Trinajstić information content (AvgIpc) is 3.02. The van der Waals surface area contributed by atoms with Gasteiger partial charge in [0.25, 0.3) is 5.79 Å². The van der Waals surface area contributed by atoms with Gasteiger partial charge in [-0.3, -0.25) is 19.2 Å². The van der Waals surface area contributed by atoms with Crippen molar-refractivity contribution in [2.75, 3.05) is 13.2 Å². The van der Waals surface area contributed by atoms with Gasteiger partial charge in [-0.15, -0.1) is 0 Å². The van der Waals surface area contributed by atoms with Gasteiger partial charge in [-0.05, 0) is 23.8 Å². The number of carbonyl (C=O) groups excluding carboxylic acids is 4. The van der Waals surface area contributed by atoms with Crippen LogP contribution in [0.15, 0.2) is 30.3 Å². The molecule has 2 unspecified atom stereocenters. The third-order valence-electron chi connectivity index (χ3n) is 7.58. The molecular weight excluding hydrogens is 612 g/mol. The minimum absolute atomic E-state index is 0.113. The molecule has 0 aromatic heterocycles. The molecule has 45 heavy (non-hydrogen) atoms. The Morgan fingerprint density at radius 2 is 1.29 bits per heavy atom. The molecule has 2 aliphatic heterocycles. The van der Waals surface area contributed by atoms with Gasteiger partial charge in [0.15, 0.2) is 30.3 Å². The van der Waals surface area contributed by atoms with E-state index in [0.29, 0.717) is 5.56 Å². The van der Waals surface area contributed by atoms with Gasteiger partial charge in [0, 0.05) is 0 Å². The predicted molar refractivity (Wildman–Crippen MR) is 139 cm³/mol. The number of benzene rings is 1. The summed E-state index contributed by atoms with van der Waals surface area (Å²) in [5.74, 6) is -13.3. The molecule has 2 saturated heterocycles. The number of rotatable bonds is 9. The molecule has 248 valence electrons. The summed E-state index contributed by atoms with van der Waals surface area (Å²) < 4.78 is 20.5. The smallest absolute Gasteiger partial charge is 0.294 e. The SMILES string of the molecule is O=C(/C=C/c1ccc(O)cc1)C1C(=O)[C@@H](O[C@@H]2O[C@H](CO)[C@@H](O)[C@H](O)[C@H]2O)C(=O)C(O)(O[C@@H]2O[C@H](CO)[C@@H](O)[C@H](O)[C@H]2O)C1=O. The van der Waals surface area contributed by atoms with Gasteiger partial charge in [0.1, 0.15) is 60.5 Å². The molecule has 1 aromatic rings. The van der Waals surface area contributed by atoms with Crippen LogP contribution in [0.3, 0.4) is 0 Å². The second kappa shape index (κ2) is 13.7. The van der Waals surface area contributed by atoms with Crippen LogP contribution in [0.2, 0.25) is 0 Å². The number of allylic oxidation sites excluding steroid dienone is 1. The van der Waals surface area contributed by atoms with Crippen LogP contribution in [-0.4, -0.2) is 161 Å². The summed E-state index contributed by atoms with van der Waals surface area (Å²) in [6.07, 6.45) is -21.0. The number of hydrogen-bond acceptors (Lipinski definition) is 18. The highest BCUT2D eigenvalue weighted by atomic mass is 16.8. The average molecular weight is 645 g/mol. The third-order valence-corrected chi connectivity index (χ3v) is 7.58. The lowest BCUT2D eigenvalue weighted by atomic mass is 9.77. The maximum atomic E-state index is 13.5. The van der Waals surface area contributed by atoms with Gasteiger partial charge in [-0.2, -0.15) is 0 Å². The Morgan fingerprint density at radius 1 is 0.778 bits per heavy atom. The van der Waals surface area contributed by atoms with Crippen LogP contribution in [0.4, 0.5) is 0 Å². The van der Waals surface area contributed by atoms with E-state index in [9.17, 15) is 70.2 Å². The van der Waals surface area contributed by atoms with Gasteiger partial charge >= 0.3 is 0 Å². The highest BCUT2D eigenvalue weighted by Gasteiger charge is 2.65. The maximum Gasteiger partial charge on any atom is 0.294 e. The summed E-state index contributed by atoms with van der Waals surface area (Å²) in [5, 5.41) is 101. The van der Waals surface area contributed by atoms with Gasteiger partial charge in [0.2, 0.25) is 11.6 Å². The number of aliphatic hydroxyl groups excluding tert-OH is 8. The molecule has 2 heterocycles. The van der Waals surface area contributed by atoms with E-state index in [1.807, 2.05) is 0 Å². The number of phenols is 1. The quantitative estimate of drug-likeness (QED) is 0.0679. The van der Waals surface area contributed by atoms with E-state index in [-0.39, 0.29) is 5.75 Å². The zero-order valence-corrected chi connectivity index (χ0v) is 23.0. The first-order valence-electron chi connectivity index (χ1n) is 13.5. The Kier molecular flexibility index (Phi) is 10.6. The summed E-state index contributed by atoms with van der Waals surface area (Å²) in [5.41, 5.74) is 0.301. The van der Waals surface area contributed by atoms with Crippen LogP contribution >= 0.6 is 0 Å². The van der Waals surface area contributed by atoms with Gasteiger partial charge in [-0.25, -0.2) is 0 Å². The van der Waals surface area contributed by atoms with E-state index in [1.54, 1.807) is 0 Å². The van der Waals surface area contributed by atoms with Crippen LogP contribution in [0, 0.1) is 5.92 Å². The molecule has 1 aliphatic carbocycles. The Hall–Kier alpha value is -3.08. The van der Waals surface area contributed by atoms with E-state index in [2.05, 4.69) is 0 Å². The molecule has 1 saturated carbocycles. The monoisotopic (exact) mass is 644 g/mol. The second-order valence-electron chi connectivity index (χ2n) is 10.6. The van der Waals surface area contributed by atoms with Gasteiger partial charge in [-0.1, -0.05) is 18.2 Å². The normalized spacial score (nSPS) is 41.0. The van der Waals surface area contributed by atoms with E-state index in [4.69, 9.17) is 18.9 Å². The molecule has 3 aliphatic rings. The van der Waals surface area contributed by atoms with Crippen molar-refractivity contribution in [1.29, 1.82) is 0 Å². The van der Waals surface area contributed by atoms with Crippen molar-refractivity contribution in [3.05, 3.63) is 35.9 Å². The van der Waals surface area contributed by atoms with E-state index >= 15 is 0 Å². The summed E-state index contributed by atoms with van der Waals surface area (Å²) in [6, 6.07) is 5.24. The molecule has 13 atom stereocenters. The van der Waals surface area contributed by atoms with E-state index in [0.717, 1.165) is 12.2 Å². The van der Waals surface area contributed by atoms with Crippen molar-refractivity contribution in [2.45, 2.75) is 73.3 Å². The molecule has 4 rings (SSSR count). The summed E-state index contributed by atoms with van der Waals surface area (Å²) >= 11 is 0. The van der Waals surface area contributed by atoms with Crippen molar-refractivity contribution in [1.82, 2.24) is 0 Å². The summed E-state index contributed by atoms with van der Waals surface area (Å²) in [4.78, 5) is 53.7. The molecular formula is C27H32O18. The number of Topliss-reactive ketones (excluding diaryl/α,β-unsaturated/α-hetero) is 3. The fourth-order valence-corrected chi connectivity index (χ4v) is 4.93. The fraction of sp³-hybridized carbons (Fsp3) is 0.556. The van der Waals surface area contributed by atoms with E-state index < -0.39 is 116 Å². The van der Waals surface area contributed by atoms with Crippen LogP contribution in [0.25, 0.3) is 6.08 Å². The highest BCUT2D eigenvalue weighted by Crippen LogP contribution is 2.34. The number of phenolic OH excluding ortho intramolecular Hbond substituents is 1. The molecule has 0 radical (unpaired) electrons. The largest absolute Gasteiger partial charge is 0.508 e. The van der Waals surface area contributed by atoms with Crippen molar-refractivity contribution >= 4 is 29.2 Å². The van der Waals surface area contributed by atoms with Crippen molar-refractivity contribution in [3.8, 4) is 5.75 Å². The van der Waals surface area contributed by atoms with Crippen molar-refractivity contribution in [3.63, 3.8) is 0 Å². The molecule has 1 aromatic carbocycles. The van der Waals surface area contributed by atoms with Gasteiger partial charge < -0.3 is 70.0 Å². The van der Waals surface area contributed by atoms with Crippen LogP contribution < -0.4 is 0 Å². The van der Waals surface area contributed by atoms with Crippen LogP contribution in [-0.2, 0) is 38.1 Å². The molecule has 18 heteroatoms. The second-order valence-corrected chi connectivity index (χ2v) is 10.6. The van der Waals surface area contributed by atoms with Gasteiger partial charge in [0.05, 0.1) is 13.2 Å². The van der Waals surface area contributed by atoms with Crippen LogP contribution in [0.1, 0.15) is 5.56 Å².